The van der Waals surface area contributed by atoms with Crippen LogP contribution >= 0.6 is 0 Å². The Bertz CT molecular complexity index is 1780. The van der Waals surface area contributed by atoms with Gasteiger partial charge in [0, 0.05) is 29.3 Å². The van der Waals surface area contributed by atoms with Crippen molar-refractivity contribution in [3.8, 4) is 11.5 Å². The highest BCUT2D eigenvalue weighted by Gasteiger charge is 2.32. The molecule has 5 rings (SSSR count). The Morgan fingerprint density at radius 2 is 1.53 bits per heavy atom. The number of benzene rings is 4. The van der Waals surface area contributed by atoms with E-state index in [9.17, 15) is 27.9 Å². The Morgan fingerprint density at radius 1 is 0.860 bits per heavy atom. The number of carboxylic acid groups (broad SMARTS) is 1. The summed E-state index contributed by atoms with van der Waals surface area (Å²) in [7, 11) is 1.52. The number of methoxy groups -OCH3 is 1. The largest absolute Gasteiger partial charge is 0.573 e. The summed E-state index contributed by atoms with van der Waals surface area (Å²) in [4.78, 5) is 25.8. The van der Waals surface area contributed by atoms with E-state index in [1.54, 1.807) is 60.0 Å². The molecule has 1 unspecified atom stereocenters. The van der Waals surface area contributed by atoms with Crippen LogP contribution in [0.1, 0.15) is 44.2 Å². The number of ketones is 1. The van der Waals surface area contributed by atoms with Crippen LogP contribution in [0, 0.1) is 6.92 Å². The van der Waals surface area contributed by atoms with E-state index in [1.165, 1.54) is 25.3 Å². The van der Waals surface area contributed by atoms with Crippen molar-refractivity contribution in [3.63, 3.8) is 0 Å². The Balaban J connectivity index is 1.55. The van der Waals surface area contributed by atoms with Crippen molar-refractivity contribution in [1.82, 2.24) is 4.57 Å². The molecule has 220 valence electrons. The lowest BCUT2D eigenvalue weighted by Crippen LogP contribution is -2.17. The fraction of sp³-hybridized carbons (Fsp3) is 0.176. The van der Waals surface area contributed by atoms with Gasteiger partial charge in [0.05, 0.1) is 24.1 Å². The van der Waals surface area contributed by atoms with Crippen LogP contribution in [-0.2, 0) is 17.8 Å². The summed E-state index contributed by atoms with van der Waals surface area (Å²) in [6.07, 6.45) is -4.63. The van der Waals surface area contributed by atoms with Crippen LogP contribution < -0.4 is 9.47 Å². The SMILES string of the molecule is COc1ccc(C(=O)c2c(C)n(Cc3cccc(CC(C(=O)O)c4ccccc4)c3)c3cc(OC(F)(F)F)ccc23)cc1. The molecule has 0 radical (unpaired) electrons. The summed E-state index contributed by atoms with van der Waals surface area (Å²) in [5.41, 5.74) is 4.00. The number of ether oxygens (including phenoxy) is 2. The number of hydrogen-bond acceptors (Lipinski definition) is 4. The first-order valence-corrected chi connectivity index (χ1v) is 13.5. The van der Waals surface area contributed by atoms with E-state index in [-0.39, 0.29) is 18.7 Å². The number of rotatable bonds is 10. The predicted octanol–water partition coefficient (Wildman–Crippen LogP) is 7.55. The smallest absolute Gasteiger partial charge is 0.497 e. The Kier molecular flexibility index (Phi) is 8.25. The number of halogens is 3. The summed E-state index contributed by atoms with van der Waals surface area (Å²) in [6, 6.07) is 26.9. The van der Waals surface area contributed by atoms with Gasteiger partial charge >= 0.3 is 12.3 Å². The minimum atomic E-state index is -4.88. The van der Waals surface area contributed by atoms with E-state index in [1.807, 2.05) is 30.3 Å². The fourth-order valence-corrected chi connectivity index (χ4v) is 5.34. The van der Waals surface area contributed by atoms with Gasteiger partial charge in [0.25, 0.3) is 0 Å². The van der Waals surface area contributed by atoms with Crippen LogP contribution in [0.25, 0.3) is 10.9 Å². The lowest BCUT2D eigenvalue weighted by atomic mass is 9.91. The number of aliphatic carboxylic acids is 1. The fourth-order valence-electron chi connectivity index (χ4n) is 5.34. The van der Waals surface area contributed by atoms with Gasteiger partial charge in [-0.3, -0.25) is 9.59 Å². The first-order chi connectivity index (χ1) is 20.5. The number of nitrogens with zero attached hydrogens (tertiary/aromatic N) is 1. The first-order valence-electron chi connectivity index (χ1n) is 13.5. The average Bonchev–Trinajstić information content (AvgIpc) is 3.25. The molecule has 0 aliphatic carbocycles. The van der Waals surface area contributed by atoms with Crippen LogP contribution in [0.15, 0.2) is 97.1 Å². The summed E-state index contributed by atoms with van der Waals surface area (Å²) in [6.45, 7) is 1.98. The van der Waals surface area contributed by atoms with Crippen LogP contribution in [0.3, 0.4) is 0 Å². The van der Waals surface area contributed by atoms with E-state index in [0.717, 1.165) is 11.1 Å². The molecule has 0 aliphatic heterocycles. The second-order valence-corrected chi connectivity index (χ2v) is 10.2. The van der Waals surface area contributed by atoms with Crippen LogP contribution in [0.2, 0.25) is 0 Å². The minimum absolute atomic E-state index is 0.227. The van der Waals surface area contributed by atoms with Gasteiger partial charge in [-0.1, -0.05) is 54.6 Å². The first kappa shape index (κ1) is 29.4. The van der Waals surface area contributed by atoms with E-state index in [4.69, 9.17) is 4.74 Å². The van der Waals surface area contributed by atoms with E-state index < -0.39 is 24.0 Å². The molecule has 0 spiro atoms. The molecule has 1 atom stereocenters. The molecule has 1 heterocycles. The Labute approximate surface area is 245 Å². The second-order valence-electron chi connectivity index (χ2n) is 10.2. The number of carbonyl (C=O) groups is 2. The number of fused-ring (bicyclic) bond motifs is 1. The van der Waals surface area contributed by atoms with Gasteiger partial charge < -0.3 is 19.1 Å². The topological polar surface area (TPSA) is 77.8 Å². The molecule has 0 amide bonds. The van der Waals surface area contributed by atoms with Gasteiger partial charge in [0.15, 0.2) is 5.78 Å². The molecule has 1 aromatic heterocycles. The minimum Gasteiger partial charge on any atom is -0.497 e. The van der Waals surface area contributed by atoms with Crippen LogP contribution in [0.4, 0.5) is 13.2 Å². The lowest BCUT2D eigenvalue weighted by Gasteiger charge is -2.15. The predicted molar refractivity (Wildman–Crippen MR) is 156 cm³/mol. The number of alkyl halides is 3. The highest BCUT2D eigenvalue weighted by molar-refractivity contribution is 6.17. The standard InChI is InChI=1S/C34H28F3NO5/c1-21-31(32(39)25-11-13-26(42-2)14-12-25)28-16-15-27(43-34(35,36)37)19-30(28)38(21)20-23-8-6-7-22(17-23)18-29(33(40)41)24-9-4-3-5-10-24/h3-17,19,29H,18,20H2,1-2H3,(H,40,41). The number of carboxylic acids is 1. The monoisotopic (exact) mass is 587 g/mol. The Hall–Kier alpha value is -5.05. The Morgan fingerprint density at radius 3 is 2.19 bits per heavy atom. The zero-order valence-electron chi connectivity index (χ0n) is 23.4. The quantitative estimate of drug-likeness (QED) is 0.171. The molecule has 4 aromatic carbocycles. The van der Waals surface area contributed by atoms with Crippen molar-refractivity contribution in [2.45, 2.75) is 32.2 Å². The molecule has 0 fully saturated rings. The molecule has 1 N–H and O–H groups in total. The third-order valence-corrected chi connectivity index (χ3v) is 7.38. The molecular formula is C34H28F3NO5. The van der Waals surface area contributed by atoms with Gasteiger partial charge in [-0.05, 0) is 66.4 Å². The molecule has 0 bridgehead atoms. The number of carbonyl (C=O) groups excluding carboxylic acids is 1. The van der Waals surface area contributed by atoms with Gasteiger partial charge in [0.1, 0.15) is 11.5 Å². The van der Waals surface area contributed by atoms with E-state index in [0.29, 0.717) is 39.0 Å². The molecule has 6 nitrogen and oxygen atoms in total. The van der Waals surface area contributed by atoms with Crippen molar-refractivity contribution in [1.29, 1.82) is 0 Å². The summed E-state index contributed by atoms with van der Waals surface area (Å²) in [5, 5.41) is 10.4. The van der Waals surface area contributed by atoms with Crippen LogP contribution in [0.5, 0.6) is 11.5 Å². The zero-order chi connectivity index (χ0) is 30.7. The maximum Gasteiger partial charge on any atom is 0.573 e. The third-order valence-electron chi connectivity index (χ3n) is 7.38. The molecular weight excluding hydrogens is 559 g/mol. The van der Waals surface area contributed by atoms with Gasteiger partial charge in [-0.15, -0.1) is 13.2 Å². The summed E-state index contributed by atoms with van der Waals surface area (Å²) < 4.78 is 50.4. The van der Waals surface area contributed by atoms with E-state index in [2.05, 4.69) is 4.74 Å². The lowest BCUT2D eigenvalue weighted by molar-refractivity contribution is -0.274. The van der Waals surface area contributed by atoms with Gasteiger partial charge in [-0.2, -0.15) is 0 Å². The maximum atomic E-state index is 13.7. The number of hydrogen-bond donors (Lipinski definition) is 1. The van der Waals surface area contributed by atoms with Crippen molar-refractivity contribution in [2.75, 3.05) is 7.11 Å². The maximum absolute atomic E-state index is 13.7. The average molecular weight is 588 g/mol. The van der Waals surface area contributed by atoms with Crippen LogP contribution in [-0.4, -0.2) is 34.9 Å². The van der Waals surface area contributed by atoms with Gasteiger partial charge in [0.2, 0.25) is 0 Å². The normalized spacial score (nSPS) is 12.2. The van der Waals surface area contributed by atoms with Crippen molar-refractivity contribution in [3.05, 3.63) is 131 Å². The third kappa shape index (κ3) is 6.56. The molecule has 43 heavy (non-hydrogen) atoms. The summed E-state index contributed by atoms with van der Waals surface area (Å²) in [5.74, 6) is -1.79. The number of aromatic nitrogens is 1. The molecule has 9 heteroatoms. The highest BCUT2D eigenvalue weighted by atomic mass is 19.4. The molecule has 0 aliphatic rings. The molecule has 0 saturated carbocycles. The molecule has 0 saturated heterocycles. The zero-order valence-corrected chi connectivity index (χ0v) is 23.4. The van der Waals surface area contributed by atoms with Gasteiger partial charge in [-0.25, -0.2) is 0 Å². The van der Waals surface area contributed by atoms with E-state index >= 15 is 0 Å². The van der Waals surface area contributed by atoms with Crippen molar-refractivity contribution < 1.29 is 37.3 Å². The van der Waals surface area contributed by atoms with Crippen molar-refractivity contribution in [2.24, 2.45) is 0 Å². The molecule has 5 aromatic rings. The summed E-state index contributed by atoms with van der Waals surface area (Å²) >= 11 is 0. The van der Waals surface area contributed by atoms with Crippen molar-refractivity contribution >= 4 is 22.7 Å². The second kappa shape index (κ2) is 12.1. The highest BCUT2D eigenvalue weighted by Crippen LogP contribution is 2.34.